The van der Waals surface area contributed by atoms with Crippen molar-refractivity contribution < 1.29 is 58.2 Å². The van der Waals surface area contributed by atoms with E-state index in [4.69, 9.17) is 11.6 Å². The average molecular weight is 710 g/mol. The van der Waals surface area contributed by atoms with Gasteiger partial charge in [0, 0.05) is 16.6 Å². The van der Waals surface area contributed by atoms with Crippen LogP contribution in [-0.4, -0.2) is 37.3 Å². The van der Waals surface area contributed by atoms with Crippen LogP contribution in [0.1, 0.15) is 33.2 Å². The Kier molecular flexibility index (Phi) is 9.95. The van der Waals surface area contributed by atoms with Crippen molar-refractivity contribution in [3.05, 3.63) is 86.6 Å². The molecule has 1 N–H and O–H groups in total. The number of alkyl halides is 9. The summed E-state index contributed by atoms with van der Waals surface area (Å²) in [6, 6.07) is 8.56. The molecule has 0 saturated heterocycles. The molecular weight excluding hydrogens is 694 g/mol. The number of halogens is 12. The molecule has 3 aromatic rings. The molecule has 0 atom stereocenters. The third-order valence-electron chi connectivity index (χ3n) is 5.87. The monoisotopic (exact) mass is 708 g/mol. The second kappa shape index (κ2) is 12.6. The van der Waals surface area contributed by atoms with Crippen LogP contribution in [0.4, 0.5) is 55.3 Å². The molecule has 43 heavy (non-hydrogen) atoms. The third kappa shape index (κ3) is 6.69. The van der Waals surface area contributed by atoms with Crippen LogP contribution < -0.4 is 15.0 Å². The molecule has 0 unspecified atom stereocenters. The lowest BCUT2D eigenvalue weighted by molar-refractivity contribution is -0.348. The first-order valence-corrected chi connectivity index (χ1v) is 12.8. The molecule has 3 aromatic carbocycles. The summed E-state index contributed by atoms with van der Waals surface area (Å²) < 4.78 is 139. The van der Waals surface area contributed by atoms with Gasteiger partial charge in [0.05, 0.1) is 27.5 Å². The Bertz CT molecular complexity index is 1520. The molecule has 0 radical (unpaired) electrons. The molecule has 0 aromatic heterocycles. The summed E-state index contributed by atoms with van der Waals surface area (Å²) in [7, 11) is 0. The fourth-order valence-electron chi connectivity index (χ4n) is 3.87. The molecule has 0 bridgehead atoms. The van der Waals surface area contributed by atoms with E-state index in [1.165, 1.54) is 31.2 Å². The maximum absolute atomic E-state index is 15.6. The normalized spacial score (nSPS) is 12.3. The van der Waals surface area contributed by atoms with Crippen molar-refractivity contribution in [1.29, 1.82) is 0 Å². The SMILES string of the molecule is CCN(C(=O)c1ccccc1Cl)c1cccc(C(=O)Nc2c(Br)cc(C(F)(C(F)(F)F)C(F)(F)F)cc2OC(F)F)c1F. The number of nitrogens with one attached hydrogen (secondary N) is 1. The van der Waals surface area contributed by atoms with Gasteiger partial charge < -0.3 is 15.0 Å². The smallest absolute Gasteiger partial charge is 0.433 e. The average Bonchev–Trinajstić information content (AvgIpc) is 2.89. The number of rotatable bonds is 8. The second-order valence-corrected chi connectivity index (χ2v) is 9.75. The predicted molar refractivity (Wildman–Crippen MR) is 139 cm³/mol. The molecule has 5 nitrogen and oxygen atoms in total. The van der Waals surface area contributed by atoms with Gasteiger partial charge >= 0.3 is 24.6 Å². The summed E-state index contributed by atoms with van der Waals surface area (Å²) in [5.41, 5.74) is -10.5. The summed E-state index contributed by atoms with van der Waals surface area (Å²) >= 11 is 8.58. The summed E-state index contributed by atoms with van der Waals surface area (Å²) in [5, 5.41) is 1.89. The van der Waals surface area contributed by atoms with Crippen LogP contribution in [0.5, 0.6) is 5.75 Å². The highest BCUT2D eigenvalue weighted by Crippen LogP contribution is 2.55. The molecule has 0 heterocycles. The maximum atomic E-state index is 15.6. The topological polar surface area (TPSA) is 58.6 Å². The summed E-state index contributed by atoms with van der Waals surface area (Å²) in [6.45, 7) is -2.52. The van der Waals surface area contributed by atoms with E-state index in [2.05, 4.69) is 20.7 Å². The van der Waals surface area contributed by atoms with Gasteiger partial charge in [0.25, 0.3) is 11.8 Å². The van der Waals surface area contributed by atoms with Gasteiger partial charge in [0.1, 0.15) is 0 Å². The number of benzene rings is 3. The lowest BCUT2D eigenvalue weighted by Gasteiger charge is -2.31. The lowest BCUT2D eigenvalue weighted by Crippen LogP contribution is -2.50. The number of carbonyl (C=O) groups is 2. The van der Waals surface area contributed by atoms with Crippen LogP contribution in [0.2, 0.25) is 5.02 Å². The summed E-state index contributed by atoms with van der Waals surface area (Å²) in [6.07, 6.45) is -13.2. The van der Waals surface area contributed by atoms with Crippen LogP contribution in [-0.2, 0) is 5.67 Å². The number of anilines is 2. The Morgan fingerprint density at radius 2 is 1.53 bits per heavy atom. The molecule has 0 aliphatic heterocycles. The number of nitrogens with zero attached hydrogens (tertiary/aromatic N) is 1. The Morgan fingerprint density at radius 3 is 2.07 bits per heavy atom. The highest BCUT2D eigenvalue weighted by molar-refractivity contribution is 9.10. The largest absolute Gasteiger partial charge is 0.435 e. The van der Waals surface area contributed by atoms with E-state index in [-0.39, 0.29) is 29.3 Å². The highest BCUT2D eigenvalue weighted by Gasteiger charge is 2.73. The van der Waals surface area contributed by atoms with Crippen molar-refractivity contribution in [3.8, 4) is 5.75 Å². The zero-order valence-electron chi connectivity index (χ0n) is 21.2. The van der Waals surface area contributed by atoms with Gasteiger partial charge in [-0.3, -0.25) is 9.59 Å². The van der Waals surface area contributed by atoms with E-state index in [9.17, 15) is 49.1 Å². The van der Waals surface area contributed by atoms with E-state index < -0.39 is 75.0 Å². The van der Waals surface area contributed by atoms with Crippen LogP contribution in [0.3, 0.4) is 0 Å². The van der Waals surface area contributed by atoms with Gasteiger partial charge in [0.2, 0.25) is 0 Å². The number of amides is 2. The van der Waals surface area contributed by atoms with E-state index in [1.54, 1.807) is 0 Å². The Hall–Kier alpha value is -3.53. The first-order valence-electron chi connectivity index (χ1n) is 11.6. The summed E-state index contributed by atoms with van der Waals surface area (Å²) in [5.74, 6) is -5.04. The molecule has 17 heteroatoms. The van der Waals surface area contributed by atoms with Gasteiger partial charge in [-0.25, -0.2) is 8.78 Å². The number of carbonyl (C=O) groups excluding carboxylic acids is 2. The van der Waals surface area contributed by atoms with Crippen LogP contribution >= 0.6 is 27.5 Å². The van der Waals surface area contributed by atoms with E-state index in [0.29, 0.717) is 0 Å². The molecule has 0 aliphatic rings. The van der Waals surface area contributed by atoms with Gasteiger partial charge in [-0.05, 0) is 59.3 Å². The van der Waals surface area contributed by atoms with E-state index >= 15 is 4.39 Å². The van der Waals surface area contributed by atoms with Crippen molar-refractivity contribution in [2.24, 2.45) is 0 Å². The van der Waals surface area contributed by atoms with Gasteiger partial charge in [-0.2, -0.15) is 35.1 Å². The lowest BCUT2D eigenvalue weighted by atomic mass is 9.93. The molecule has 3 rings (SSSR count). The van der Waals surface area contributed by atoms with Gasteiger partial charge in [-0.1, -0.05) is 29.8 Å². The number of hydrogen-bond acceptors (Lipinski definition) is 3. The number of hydrogen-bond donors (Lipinski definition) is 1. The van der Waals surface area contributed by atoms with Crippen molar-refractivity contribution >= 4 is 50.7 Å². The maximum Gasteiger partial charge on any atom is 0.435 e. The zero-order valence-corrected chi connectivity index (χ0v) is 23.5. The second-order valence-electron chi connectivity index (χ2n) is 8.49. The van der Waals surface area contributed by atoms with Crippen LogP contribution in [0.15, 0.2) is 59.1 Å². The first-order chi connectivity index (χ1) is 19.8. The van der Waals surface area contributed by atoms with E-state index in [0.717, 1.165) is 23.1 Å². The third-order valence-corrected chi connectivity index (χ3v) is 6.82. The molecular formula is C26H16BrClF10N2O3. The summed E-state index contributed by atoms with van der Waals surface area (Å²) in [4.78, 5) is 27.0. The minimum absolute atomic E-state index is 0.0141. The minimum atomic E-state index is -6.59. The molecule has 0 saturated carbocycles. The van der Waals surface area contributed by atoms with Gasteiger partial charge in [-0.15, -0.1) is 0 Å². The minimum Gasteiger partial charge on any atom is -0.433 e. The van der Waals surface area contributed by atoms with Crippen molar-refractivity contribution in [2.75, 3.05) is 16.8 Å². The van der Waals surface area contributed by atoms with Crippen LogP contribution in [0, 0.1) is 5.82 Å². The fraction of sp³-hybridized carbons (Fsp3) is 0.231. The molecule has 0 aliphatic carbocycles. The Balaban J connectivity index is 2.08. The van der Waals surface area contributed by atoms with Crippen molar-refractivity contribution in [2.45, 2.75) is 31.6 Å². The molecule has 0 spiro atoms. The standard InChI is InChI=1S/C26H16BrClF10N2O3/c1-2-40(22(42)13-6-3-4-8-16(13)28)17-9-5-7-14(19(17)29)21(41)39-20-15(27)10-12(11-18(20)43-23(30)31)24(32,25(33,34)35)26(36,37)38/h3-11,23H,2H2,1H3,(H,39,41). The first kappa shape index (κ1) is 34.0. The highest BCUT2D eigenvalue weighted by atomic mass is 79.9. The number of ether oxygens (including phenoxy) is 1. The Morgan fingerprint density at radius 1 is 0.953 bits per heavy atom. The fourth-order valence-corrected chi connectivity index (χ4v) is 4.62. The van der Waals surface area contributed by atoms with Gasteiger partial charge in [0.15, 0.2) is 11.6 Å². The van der Waals surface area contributed by atoms with E-state index in [1.807, 2.05) is 5.32 Å². The quantitative estimate of drug-likeness (QED) is 0.238. The van der Waals surface area contributed by atoms with Crippen molar-refractivity contribution in [3.63, 3.8) is 0 Å². The molecule has 2 amide bonds. The Labute approximate surface area is 249 Å². The van der Waals surface area contributed by atoms with Crippen LogP contribution in [0.25, 0.3) is 0 Å². The molecule has 0 fully saturated rings. The zero-order chi connectivity index (χ0) is 32.5. The predicted octanol–water partition coefficient (Wildman–Crippen LogP) is 9.05. The molecule has 232 valence electrons. The van der Waals surface area contributed by atoms with Crippen molar-refractivity contribution in [1.82, 2.24) is 0 Å².